The minimum Gasteiger partial charge on any atom is -0.365 e. The number of primary amides is 1. The molecule has 5 N–H and O–H groups in total. The Hall–Kier alpha value is -2.96. The fraction of sp³-hybridized carbons (Fsp3) is 0.333. The lowest BCUT2D eigenvalue weighted by atomic mass is 9.81. The van der Waals surface area contributed by atoms with Crippen LogP contribution >= 0.6 is 11.3 Å². The molecule has 172 valence electrons. The van der Waals surface area contributed by atoms with Crippen LogP contribution in [0.2, 0.25) is 0 Å². The van der Waals surface area contributed by atoms with Gasteiger partial charge in [-0.2, -0.15) is 0 Å². The van der Waals surface area contributed by atoms with Gasteiger partial charge in [-0.3, -0.25) is 9.59 Å². The molecule has 33 heavy (non-hydrogen) atoms. The SMILES string of the molecule is NCC1CCC(C(=O)NC(Cc2ccccc2)c2cccc(-c3csc(C(N)=O)c3)c2)CC1. The van der Waals surface area contributed by atoms with Crippen LogP contribution in [0.25, 0.3) is 11.1 Å². The van der Waals surface area contributed by atoms with Crippen LogP contribution < -0.4 is 16.8 Å². The number of nitrogens with two attached hydrogens (primary N) is 2. The van der Waals surface area contributed by atoms with Gasteiger partial charge in [0.2, 0.25) is 5.91 Å². The average Bonchev–Trinajstić information content (AvgIpc) is 3.35. The monoisotopic (exact) mass is 461 g/mol. The normalized spacial score (nSPS) is 19.1. The second-order valence-corrected chi connectivity index (χ2v) is 9.80. The van der Waals surface area contributed by atoms with Crippen molar-refractivity contribution < 1.29 is 9.59 Å². The van der Waals surface area contributed by atoms with Crippen molar-refractivity contribution in [3.05, 3.63) is 82.0 Å². The lowest BCUT2D eigenvalue weighted by molar-refractivity contribution is -0.127. The Morgan fingerprint density at radius 1 is 0.970 bits per heavy atom. The Labute approximate surface area is 199 Å². The zero-order valence-corrected chi connectivity index (χ0v) is 19.5. The molecule has 1 fully saturated rings. The summed E-state index contributed by atoms with van der Waals surface area (Å²) in [7, 11) is 0. The topological polar surface area (TPSA) is 98.2 Å². The van der Waals surface area contributed by atoms with E-state index in [0.29, 0.717) is 23.8 Å². The molecule has 6 heteroatoms. The quantitative estimate of drug-likeness (QED) is 0.454. The summed E-state index contributed by atoms with van der Waals surface area (Å²) in [4.78, 5) is 25.3. The Morgan fingerprint density at radius 2 is 1.73 bits per heavy atom. The van der Waals surface area contributed by atoms with E-state index in [2.05, 4.69) is 29.6 Å². The van der Waals surface area contributed by atoms with Gasteiger partial charge < -0.3 is 16.8 Å². The molecule has 0 radical (unpaired) electrons. The van der Waals surface area contributed by atoms with Crippen molar-refractivity contribution in [2.24, 2.45) is 23.3 Å². The number of benzene rings is 2. The van der Waals surface area contributed by atoms with Gasteiger partial charge in [-0.1, -0.05) is 48.5 Å². The molecule has 5 nitrogen and oxygen atoms in total. The number of rotatable bonds is 8. The van der Waals surface area contributed by atoms with Crippen LogP contribution in [-0.4, -0.2) is 18.4 Å². The van der Waals surface area contributed by atoms with E-state index in [1.54, 1.807) is 0 Å². The number of carbonyl (C=O) groups is 2. The molecule has 2 amide bonds. The molecule has 1 heterocycles. The van der Waals surface area contributed by atoms with Crippen molar-refractivity contribution in [1.29, 1.82) is 0 Å². The van der Waals surface area contributed by atoms with Crippen molar-refractivity contribution in [1.82, 2.24) is 5.32 Å². The molecule has 1 atom stereocenters. The van der Waals surface area contributed by atoms with Crippen molar-refractivity contribution in [3.8, 4) is 11.1 Å². The van der Waals surface area contributed by atoms with Crippen molar-refractivity contribution in [2.75, 3.05) is 6.54 Å². The Balaban J connectivity index is 1.56. The maximum atomic E-state index is 13.2. The van der Waals surface area contributed by atoms with Gasteiger partial charge in [0.1, 0.15) is 0 Å². The summed E-state index contributed by atoms with van der Waals surface area (Å²) in [6, 6.07) is 20.1. The summed E-state index contributed by atoms with van der Waals surface area (Å²) < 4.78 is 0. The third-order valence-corrected chi connectivity index (χ3v) is 7.56. The molecule has 1 aromatic heterocycles. The first-order valence-electron chi connectivity index (χ1n) is 11.6. The molecular weight excluding hydrogens is 430 g/mol. The molecule has 0 spiro atoms. The van der Waals surface area contributed by atoms with Crippen LogP contribution in [0.15, 0.2) is 66.0 Å². The van der Waals surface area contributed by atoms with Gasteiger partial charge in [-0.15, -0.1) is 11.3 Å². The molecule has 1 saturated carbocycles. The van der Waals surface area contributed by atoms with E-state index in [9.17, 15) is 9.59 Å². The maximum Gasteiger partial charge on any atom is 0.258 e. The number of hydrogen-bond acceptors (Lipinski definition) is 4. The fourth-order valence-electron chi connectivity index (χ4n) is 4.60. The second-order valence-electron chi connectivity index (χ2n) is 8.89. The Morgan fingerprint density at radius 3 is 2.39 bits per heavy atom. The van der Waals surface area contributed by atoms with E-state index in [0.717, 1.165) is 42.4 Å². The van der Waals surface area contributed by atoms with E-state index in [1.807, 2.05) is 41.8 Å². The second kappa shape index (κ2) is 10.8. The lowest BCUT2D eigenvalue weighted by Crippen LogP contribution is -2.37. The first-order valence-corrected chi connectivity index (χ1v) is 12.4. The molecule has 0 bridgehead atoms. The van der Waals surface area contributed by atoms with Crippen LogP contribution in [0.4, 0.5) is 0 Å². The first-order chi connectivity index (χ1) is 16.0. The number of hydrogen-bond donors (Lipinski definition) is 3. The highest BCUT2D eigenvalue weighted by molar-refractivity contribution is 7.12. The van der Waals surface area contributed by atoms with Gasteiger partial charge >= 0.3 is 0 Å². The molecule has 1 unspecified atom stereocenters. The number of carbonyl (C=O) groups excluding carboxylic acids is 2. The molecule has 0 aliphatic heterocycles. The predicted molar refractivity (Wildman–Crippen MR) is 134 cm³/mol. The third kappa shape index (κ3) is 5.89. The summed E-state index contributed by atoms with van der Waals surface area (Å²) in [5.74, 6) is 0.301. The summed E-state index contributed by atoms with van der Waals surface area (Å²) in [5, 5.41) is 5.29. The van der Waals surface area contributed by atoms with Crippen LogP contribution in [-0.2, 0) is 11.2 Å². The Kier molecular flexibility index (Phi) is 7.57. The zero-order chi connectivity index (χ0) is 23.2. The number of amides is 2. The van der Waals surface area contributed by atoms with E-state index in [-0.39, 0.29) is 17.9 Å². The minimum absolute atomic E-state index is 0.0456. The van der Waals surface area contributed by atoms with Gasteiger partial charge in [0.15, 0.2) is 0 Å². The van der Waals surface area contributed by atoms with Crippen LogP contribution in [0.3, 0.4) is 0 Å². The van der Waals surface area contributed by atoms with Gasteiger partial charge in [-0.05, 0) is 84.3 Å². The fourth-order valence-corrected chi connectivity index (χ4v) is 5.37. The predicted octanol–water partition coefficient (Wildman–Crippen LogP) is 4.68. The minimum atomic E-state index is -0.416. The molecule has 1 aliphatic carbocycles. The standard InChI is InChI=1S/C27H31N3O2S/c28-16-19-9-11-20(12-10-19)27(32)30-24(13-18-5-2-1-3-6-18)22-8-4-7-21(14-22)23-15-25(26(29)31)33-17-23/h1-8,14-15,17,19-20,24H,9-13,16,28H2,(H2,29,31)(H,30,32). The van der Waals surface area contributed by atoms with E-state index >= 15 is 0 Å². The van der Waals surface area contributed by atoms with Gasteiger partial charge in [0.25, 0.3) is 5.91 Å². The third-order valence-electron chi connectivity index (χ3n) is 6.61. The van der Waals surface area contributed by atoms with E-state index in [1.165, 1.54) is 16.9 Å². The molecular formula is C27H31N3O2S. The van der Waals surface area contributed by atoms with Gasteiger partial charge in [0, 0.05) is 5.92 Å². The summed E-state index contributed by atoms with van der Waals surface area (Å²) in [5.41, 5.74) is 15.4. The highest BCUT2D eigenvalue weighted by Gasteiger charge is 2.27. The first kappa shape index (κ1) is 23.2. The van der Waals surface area contributed by atoms with Gasteiger partial charge in [0.05, 0.1) is 10.9 Å². The summed E-state index contributed by atoms with van der Waals surface area (Å²) in [6.07, 6.45) is 4.55. The molecule has 0 saturated heterocycles. The van der Waals surface area contributed by atoms with E-state index < -0.39 is 5.91 Å². The van der Waals surface area contributed by atoms with Crippen LogP contribution in [0.1, 0.15) is 52.5 Å². The van der Waals surface area contributed by atoms with Crippen LogP contribution in [0, 0.1) is 11.8 Å². The highest BCUT2D eigenvalue weighted by Crippen LogP contribution is 2.31. The highest BCUT2D eigenvalue weighted by atomic mass is 32.1. The zero-order valence-electron chi connectivity index (χ0n) is 18.7. The smallest absolute Gasteiger partial charge is 0.258 e. The summed E-state index contributed by atoms with van der Waals surface area (Å²) in [6.45, 7) is 0.706. The largest absolute Gasteiger partial charge is 0.365 e. The molecule has 4 rings (SSSR count). The lowest BCUT2D eigenvalue weighted by Gasteiger charge is -2.29. The van der Waals surface area contributed by atoms with Crippen molar-refractivity contribution in [3.63, 3.8) is 0 Å². The van der Waals surface area contributed by atoms with Crippen molar-refractivity contribution in [2.45, 2.75) is 38.1 Å². The number of nitrogens with one attached hydrogen (secondary N) is 1. The average molecular weight is 462 g/mol. The summed E-state index contributed by atoms with van der Waals surface area (Å²) >= 11 is 1.35. The van der Waals surface area contributed by atoms with Gasteiger partial charge in [-0.25, -0.2) is 0 Å². The molecule has 2 aromatic carbocycles. The van der Waals surface area contributed by atoms with Crippen LogP contribution in [0.5, 0.6) is 0 Å². The molecule has 1 aliphatic rings. The number of thiophene rings is 1. The maximum absolute atomic E-state index is 13.2. The van der Waals surface area contributed by atoms with Crippen molar-refractivity contribution >= 4 is 23.2 Å². The molecule has 3 aromatic rings. The van der Waals surface area contributed by atoms with E-state index in [4.69, 9.17) is 11.5 Å². The Bertz CT molecular complexity index is 1090.